The van der Waals surface area contributed by atoms with Crippen molar-refractivity contribution in [3.05, 3.63) is 125 Å². The van der Waals surface area contributed by atoms with Crippen molar-refractivity contribution in [1.29, 1.82) is 0 Å². The second-order valence-electron chi connectivity index (χ2n) is 9.35. The predicted octanol–water partition coefficient (Wildman–Crippen LogP) is 7.10. The van der Waals surface area contributed by atoms with Gasteiger partial charge in [-0.2, -0.15) is 0 Å². The average Bonchev–Trinajstić information content (AvgIpc) is 2.92. The lowest BCUT2D eigenvalue weighted by Gasteiger charge is -2.38. The number of hydrogen-bond acceptors (Lipinski definition) is 4. The largest absolute Gasteiger partial charge is 0.496 e. The van der Waals surface area contributed by atoms with Gasteiger partial charge in [-0.15, -0.1) is 0 Å². The highest BCUT2D eigenvalue weighted by Gasteiger charge is 2.34. The third kappa shape index (κ3) is 4.29. The van der Waals surface area contributed by atoms with Crippen molar-refractivity contribution in [2.24, 2.45) is 10.7 Å². The molecular formula is C32H33N3O. The normalized spacial score (nSPS) is 18.4. The van der Waals surface area contributed by atoms with Gasteiger partial charge in [-0.05, 0) is 62.4 Å². The standard InChI is InChI=1S/C32H33N3O/c1-4-28(26-14-9-10-15-29(26)36-3)35-22-27(23-12-7-6-8-13-23)31(34-30(35)5-2)24-16-18-25(19-17-24)32(33)20-11-21-32/h4-10,12-19,22H,11,20-21,33H2,1-3H3/b28-4-,30-5?. The van der Waals surface area contributed by atoms with E-state index in [4.69, 9.17) is 15.5 Å². The van der Waals surface area contributed by atoms with E-state index in [1.54, 1.807) is 7.11 Å². The molecule has 0 bridgehead atoms. The van der Waals surface area contributed by atoms with Crippen LogP contribution in [0.1, 0.15) is 55.4 Å². The number of methoxy groups -OCH3 is 1. The lowest BCUT2D eigenvalue weighted by molar-refractivity contribution is 0.253. The van der Waals surface area contributed by atoms with Gasteiger partial charge in [0, 0.05) is 28.4 Å². The molecule has 0 spiro atoms. The van der Waals surface area contributed by atoms with Crippen LogP contribution in [0.3, 0.4) is 0 Å². The van der Waals surface area contributed by atoms with Crippen LogP contribution in [0.5, 0.6) is 5.75 Å². The first-order valence-electron chi connectivity index (χ1n) is 12.6. The number of aliphatic imine (C=N–C) groups is 1. The maximum atomic E-state index is 6.59. The van der Waals surface area contributed by atoms with Gasteiger partial charge in [0.1, 0.15) is 11.6 Å². The molecule has 4 heteroatoms. The van der Waals surface area contributed by atoms with E-state index in [1.807, 2.05) is 38.1 Å². The average molecular weight is 476 g/mol. The van der Waals surface area contributed by atoms with E-state index in [2.05, 4.69) is 77.8 Å². The lowest BCUT2D eigenvalue weighted by Crippen LogP contribution is -2.43. The first-order valence-corrected chi connectivity index (χ1v) is 12.6. The minimum absolute atomic E-state index is 0.175. The van der Waals surface area contributed by atoms with E-state index >= 15 is 0 Å². The Morgan fingerprint density at radius 1 is 0.917 bits per heavy atom. The zero-order chi connectivity index (χ0) is 25.1. The van der Waals surface area contributed by atoms with E-state index in [-0.39, 0.29) is 5.54 Å². The molecule has 2 aliphatic rings. The molecule has 2 N–H and O–H groups in total. The highest BCUT2D eigenvalue weighted by Crippen LogP contribution is 2.40. The first kappa shape index (κ1) is 23.8. The first-order chi connectivity index (χ1) is 17.6. The van der Waals surface area contributed by atoms with Crippen LogP contribution in [0.2, 0.25) is 0 Å². The van der Waals surface area contributed by atoms with Crippen LogP contribution in [-0.4, -0.2) is 17.7 Å². The van der Waals surface area contributed by atoms with Gasteiger partial charge in [0.2, 0.25) is 0 Å². The molecule has 36 heavy (non-hydrogen) atoms. The summed E-state index contributed by atoms with van der Waals surface area (Å²) in [6.07, 6.45) is 9.65. The van der Waals surface area contributed by atoms with Crippen LogP contribution in [0.25, 0.3) is 11.3 Å². The molecule has 182 valence electrons. The highest BCUT2D eigenvalue weighted by atomic mass is 16.5. The molecule has 5 rings (SSSR count). The summed E-state index contributed by atoms with van der Waals surface area (Å²) in [6.45, 7) is 4.07. The Morgan fingerprint density at radius 3 is 2.22 bits per heavy atom. The fraction of sp³-hybridized carbons (Fsp3) is 0.219. The minimum Gasteiger partial charge on any atom is -0.496 e. The van der Waals surface area contributed by atoms with E-state index in [0.29, 0.717) is 0 Å². The van der Waals surface area contributed by atoms with E-state index in [0.717, 1.165) is 58.1 Å². The van der Waals surface area contributed by atoms with Crippen LogP contribution >= 0.6 is 0 Å². The topological polar surface area (TPSA) is 50.8 Å². The molecule has 4 nitrogen and oxygen atoms in total. The van der Waals surface area contributed by atoms with E-state index in [1.165, 1.54) is 12.0 Å². The molecule has 1 fully saturated rings. The molecular weight excluding hydrogens is 442 g/mol. The summed E-state index contributed by atoms with van der Waals surface area (Å²) in [7, 11) is 1.71. The molecule has 1 saturated carbocycles. The Kier molecular flexibility index (Phi) is 6.62. The fourth-order valence-electron chi connectivity index (χ4n) is 5.02. The molecule has 0 atom stereocenters. The number of hydrogen-bond donors (Lipinski definition) is 1. The van der Waals surface area contributed by atoms with Crippen molar-refractivity contribution in [2.75, 3.05) is 7.11 Å². The van der Waals surface area contributed by atoms with Gasteiger partial charge >= 0.3 is 0 Å². The third-order valence-electron chi connectivity index (χ3n) is 7.22. The van der Waals surface area contributed by atoms with Crippen molar-refractivity contribution in [2.45, 2.75) is 38.6 Å². The summed E-state index contributed by atoms with van der Waals surface area (Å²) in [4.78, 5) is 7.36. The van der Waals surface area contributed by atoms with E-state index < -0.39 is 0 Å². The molecule has 1 aliphatic heterocycles. The second kappa shape index (κ2) is 10.00. The summed E-state index contributed by atoms with van der Waals surface area (Å²) in [5, 5.41) is 0. The van der Waals surface area contributed by atoms with Gasteiger partial charge < -0.3 is 15.4 Å². The number of nitrogens with two attached hydrogens (primary N) is 1. The van der Waals surface area contributed by atoms with Crippen molar-refractivity contribution in [1.82, 2.24) is 4.90 Å². The molecule has 3 aromatic carbocycles. The third-order valence-corrected chi connectivity index (χ3v) is 7.22. The van der Waals surface area contributed by atoms with Crippen molar-refractivity contribution < 1.29 is 4.74 Å². The number of benzene rings is 3. The molecule has 0 radical (unpaired) electrons. The monoisotopic (exact) mass is 475 g/mol. The van der Waals surface area contributed by atoms with Gasteiger partial charge in [0.25, 0.3) is 0 Å². The number of allylic oxidation sites excluding steroid dienone is 3. The molecule has 0 aromatic heterocycles. The zero-order valence-electron chi connectivity index (χ0n) is 21.2. The van der Waals surface area contributed by atoms with Crippen LogP contribution in [-0.2, 0) is 5.54 Å². The Labute approximate surface area is 214 Å². The van der Waals surface area contributed by atoms with Crippen molar-refractivity contribution in [3.63, 3.8) is 0 Å². The van der Waals surface area contributed by atoms with Gasteiger partial charge in [-0.3, -0.25) is 0 Å². The van der Waals surface area contributed by atoms with Crippen LogP contribution in [0, 0.1) is 0 Å². The quantitative estimate of drug-likeness (QED) is 0.414. The lowest BCUT2D eigenvalue weighted by atomic mass is 9.72. The molecule has 0 amide bonds. The number of nitrogens with zero attached hydrogens (tertiary/aromatic N) is 2. The number of para-hydroxylation sites is 1. The van der Waals surface area contributed by atoms with Crippen LogP contribution in [0.15, 0.2) is 108 Å². The Balaban J connectivity index is 1.61. The highest BCUT2D eigenvalue weighted by molar-refractivity contribution is 6.32. The van der Waals surface area contributed by atoms with Gasteiger partial charge in [0.15, 0.2) is 0 Å². The maximum Gasteiger partial charge on any atom is 0.133 e. The van der Waals surface area contributed by atoms with Crippen LogP contribution < -0.4 is 10.5 Å². The summed E-state index contributed by atoms with van der Waals surface area (Å²) >= 11 is 0. The fourth-order valence-corrected chi connectivity index (χ4v) is 5.02. The van der Waals surface area contributed by atoms with Gasteiger partial charge in [0.05, 0.1) is 18.5 Å². The Hall–Kier alpha value is -3.89. The van der Waals surface area contributed by atoms with Gasteiger partial charge in [-0.25, -0.2) is 4.99 Å². The van der Waals surface area contributed by atoms with Crippen LogP contribution in [0.4, 0.5) is 0 Å². The number of ether oxygens (including phenoxy) is 1. The summed E-state index contributed by atoms with van der Waals surface area (Å²) in [5.41, 5.74) is 13.9. The zero-order valence-corrected chi connectivity index (χ0v) is 21.2. The number of rotatable bonds is 6. The second-order valence-corrected chi connectivity index (χ2v) is 9.35. The molecule has 1 heterocycles. The smallest absolute Gasteiger partial charge is 0.133 e. The minimum atomic E-state index is -0.175. The SMILES string of the molecule is CC=C1N=C(c2ccc(C3(N)CCC3)cc2)C(c2ccccc2)=CN1/C(=C\C)c1ccccc1OC. The molecule has 3 aromatic rings. The Bertz CT molecular complexity index is 1360. The summed E-state index contributed by atoms with van der Waals surface area (Å²) < 4.78 is 5.69. The Morgan fingerprint density at radius 2 is 1.61 bits per heavy atom. The maximum absolute atomic E-state index is 6.59. The van der Waals surface area contributed by atoms with E-state index in [9.17, 15) is 0 Å². The molecule has 0 unspecified atom stereocenters. The van der Waals surface area contributed by atoms with Gasteiger partial charge in [-0.1, -0.05) is 72.8 Å². The van der Waals surface area contributed by atoms with Crippen molar-refractivity contribution in [3.8, 4) is 5.75 Å². The molecule has 0 saturated heterocycles. The summed E-state index contributed by atoms with van der Waals surface area (Å²) in [5.74, 6) is 1.69. The molecule has 1 aliphatic carbocycles. The predicted molar refractivity (Wildman–Crippen MR) is 149 cm³/mol. The summed E-state index contributed by atoms with van der Waals surface area (Å²) in [6, 6.07) is 27.2. The van der Waals surface area contributed by atoms with Crippen molar-refractivity contribution >= 4 is 17.0 Å².